The quantitative estimate of drug-likeness (QED) is 0.809. The number of ether oxygens (including phenoxy) is 1. The van der Waals surface area contributed by atoms with Gasteiger partial charge in [0, 0.05) is 11.1 Å². The molecule has 4 nitrogen and oxygen atoms in total. The first-order valence-corrected chi connectivity index (χ1v) is 6.37. The number of hydrogen-bond donors (Lipinski definition) is 0. The fourth-order valence-electron chi connectivity index (χ4n) is 2.56. The molecule has 1 unspecified atom stereocenters. The number of benzene rings is 2. The summed E-state index contributed by atoms with van der Waals surface area (Å²) in [6.45, 7) is 0. The first-order valence-electron chi connectivity index (χ1n) is 6.37. The van der Waals surface area contributed by atoms with Crippen molar-refractivity contribution in [3.8, 4) is 0 Å². The van der Waals surface area contributed by atoms with E-state index >= 15 is 4.39 Å². The summed E-state index contributed by atoms with van der Waals surface area (Å²) in [7, 11) is 1.15. The molecule has 1 heterocycles. The van der Waals surface area contributed by atoms with Gasteiger partial charge < -0.3 is 4.74 Å². The standard InChI is InChI=1S/C16H12FNO3/c1-21-15(20)18-13-10-6-5-9-12(13)16(17,14(18)19)11-7-3-2-4-8-11/h2-10H,1H3. The molecular weight excluding hydrogens is 273 g/mol. The molecule has 1 atom stereocenters. The van der Waals surface area contributed by atoms with E-state index in [1.807, 2.05) is 0 Å². The Bertz CT molecular complexity index is 716. The number of nitrogens with zero attached hydrogens (tertiary/aromatic N) is 1. The number of fused-ring (bicyclic) bond motifs is 1. The van der Waals surface area contributed by atoms with Crippen molar-refractivity contribution >= 4 is 17.7 Å². The number of rotatable bonds is 1. The minimum atomic E-state index is -2.38. The van der Waals surface area contributed by atoms with Gasteiger partial charge in [0.2, 0.25) is 5.67 Å². The van der Waals surface area contributed by atoms with E-state index in [1.54, 1.807) is 30.3 Å². The van der Waals surface area contributed by atoms with E-state index in [9.17, 15) is 9.59 Å². The van der Waals surface area contributed by atoms with Gasteiger partial charge in [-0.05, 0) is 6.07 Å². The molecule has 1 aliphatic heterocycles. The van der Waals surface area contributed by atoms with Crippen molar-refractivity contribution in [3.05, 3.63) is 65.7 Å². The Kier molecular flexibility index (Phi) is 2.97. The zero-order chi connectivity index (χ0) is 15.0. The molecule has 0 aliphatic carbocycles. The molecule has 0 saturated carbocycles. The maximum Gasteiger partial charge on any atom is 0.421 e. The number of carbonyl (C=O) groups is 2. The summed E-state index contributed by atoms with van der Waals surface area (Å²) in [4.78, 5) is 25.1. The van der Waals surface area contributed by atoms with Gasteiger partial charge >= 0.3 is 6.09 Å². The van der Waals surface area contributed by atoms with Crippen LogP contribution in [0.5, 0.6) is 0 Å². The van der Waals surface area contributed by atoms with Crippen molar-refractivity contribution in [2.24, 2.45) is 0 Å². The number of para-hydroxylation sites is 1. The predicted molar refractivity (Wildman–Crippen MR) is 74.7 cm³/mol. The molecule has 1 aliphatic rings. The Morgan fingerprint density at radius 3 is 2.38 bits per heavy atom. The van der Waals surface area contributed by atoms with Gasteiger partial charge in [0.25, 0.3) is 5.91 Å². The van der Waals surface area contributed by atoms with Crippen LogP contribution >= 0.6 is 0 Å². The van der Waals surface area contributed by atoms with Crippen molar-refractivity contribution in [3.63, 3.8) is 0 Å². The third-order valence-electron chi connectivity index (χ3n) is 3.54. The van der Waals surface area contributed by atoms with Crippen molar-refractivity contribution in [1.82, 2.24) is 0 Å². The first kappa shape index (κ1) is 13.3. The summed E-state index contributed by atoms with van der Waals surface area (Å²) < 4.78 is 20.2. The minimum absolute atomic E-state index is 0.145. The van der Waals surface area contributed by atoms with Gasteiger partial charge in [-0.1, -0.05) is 48.5 Å². The fraction of sp³-hybridized carbons (Fsp3) is 0.125. The van der Waals surface area contributed by atoms with Crippen LogP contribution in [0.3, 0.4) is 0 Å². The van der Waals surface area contributed by atoms with Gasteiger partial charge in [0.1, 0.15) is 0 Å². The number of halogens is 1. The number of carbonyl (C=O) groups excluding carboxylic acids is 2. The largest absolute Gasteiger partial charge is 0.452 e. The lowest BCUT2D eigenvalue weighted by molar-refractivity contribution is -0.126. The van der Waals surface area contributed by atoms with Crippen molar-refractivity contribution in [2.45, 2.75) is 5.67 Å². The number of anilines is 1. The summed E-state index contributed by atoms with van der Waals surface area (Å²) in [5.41, 5.74) is -1.84. The molecular formula is C16H12FNO3. The van der Waals surface area contributed by atoms with Crippen LogP contribution < -0.4 is 4.90 Å². The van der Waals surface area contributed by atoms with E-state index in [-0.39, 0.29) is 16.8 Å². The highest BCUT2D eigenvalue weighted by atomic mass is 19.1. The Morgan fingerprint density at radius 1 is 1.10 bits per heavy atom. The van der Waals surface area contributed by atoms with Crippen LogP contribution in [0.15, 0.2) is 54.6 Å². The van der Waals surface area contributed by atoms with Crippen LogP contribution in [0.2, 0.25) is 0 Å². The average Bonchev–Trinajstić information content (AvgIpc) is 2.77. The topological polar surface area (TPSA) is 46.6 Å². The maximum atomic E-state index is 15.6. The van der Waals surface area contributed by atoms with E-state index in [1.165, 1.54) is 24.3 Å². The Balaban J connectivity index is 2.24. The second-order valence-corrected chi connectivity index (χ2v) is 4.65. The molecule has 2 aromatic carbocycles. The maximum absolute atomic E-state index is 15.6. The summed E-state index contributed by atoms with van der Waals surface area (Å²) in [6, 6.07) is 14.4. The number of amides is 2. The normalized spacial score (nSPS) is 20.3. The summed E-state index contributed by atoms with van der Waals surface area (Å²) >= 11 is 0. The van der Waals surface area contributed by atoms with Crippen molar-refractivity contribution in [1.29, 1.82) is 0 Å². The molecule has 0 bridgehead atoms. The molecule has 106 valence electrons. The highest BCUT2D eigenvalue weighted by molar-refractivity contribution is 6.21. The molecule has 0 spiro atoms. The smallest absolute Gasteiger partial charge is 0.421 e. The minimum Gasteiger partial charge on any atom is -0.452 e. The van der Waals surface area contributed by atoms with Crippen LogP contribution in [0.1, 0.15) is 11.1 Å². The number of alkyl halides is 1. The van der Waals surface area contributed by atoms with Gasteiger partial charge in [0.15, 0.2) is 0 Å². The molecule has 0 aromatic heterocycles. The predicted octanol–water partition coefficient (Wildman–Crippen LogP) is 3.01. The van der Waals surface area contributed by atoms with Crippen LogP contribution in [-0.4, -0.2) is 19.1 Å². The Morgan fingerprint density at radius 2 is 1.71 bits per heavy atom. The van der Waals surface area contributed by atoms with Gasteiger partial charge in [-0.15, -0.1) is 0 Å². The van der Waals surface area contributed by atoms with Crippen LogP contribution in [0.25, 0.3) is 0 Å². The molecule has 21 heavy (non-hydrogen) atoms. The lowest BCUT2D eigenvalue weighted by Gasteiger charge is -2.19. The average molecular weight is 285 g/mol. The zero-order valence-corrected chi connectivity index (χ0v) is 11.2. The van der Waals surface area contributed by atoms with Gasteiger partial charge in [-0.3, -0.25) is 4.79 Å². The molecule has 0 N–H and O–H groups in total. The Hall–Kier alpha value is -2.69. The lowest BCUT2D eigenvalue weighted by Crippen LogP contribution is -2.41. The van der Waals surface area contributed by atoms with Gasteiger partial charge in [0.05, 0.1) is 12.8 Å². The summed E-state index contributed by atoms with van der Waals surface area (Å²) in [5.74, 6) is -0.957. The monoisotopic (exact) mass is 285 g/mol. The molecule has 5 heteroatoms. The molecule has 0 radical (unpaired) electrons. The van der Waals surface area contributed by atoms with Crippen LogP contribution in [0, 0.1) is 0 Å². The van der Waals surface area contributed by atoms with E-state index in [0.29, 0.717) is 0 Å². The fourth-order valence-corrected chi connectivity index (χ4v) is 2.56. The van der Waals surface area contributed by atoms with Crippen molar-refractivity contribution < 1.29 is 18.7 Å². The van der Waals surface area contributed by atoms with E-state index < -0.39 is 17.7 Å². The molecule has 0 saturated heterocycles. The van der Waals surface area contributed by atoms with E-state index in [4.69, 9.17) is 0 Å². The third kappa shape index (κ3) is 1.74. The van der Waals surface area contributed by atoms with E-state index in [2.05, 4.69) is 4.74 Å². The van der Waals surface area contributed by atoms with E-state index in [0.717, 1.165) is 12.0 Å². The Labute approximate surface area is 120 Å². The molecule has 3 rings (SSSR count). The highest BCUT2D eigenvalue weighted by Gasteiger charge is 2.55. The number of hydrogen-bond acceptors (Lipinski definition) is 3. The second-order valence-electron chi connectivity index (χ2n) is 4.65. The van der Waals surface area contributed by atoms with Crippen LogP contribution in [0.4, 0.5) is 14.9 Å². The highest BCUT2D eigenvalue weighted by Crippen LogP contribution is 2.47. The SMILES string of the molecule is COC(=O)N1C(=O)C(F)(c2ccccc2)c2ccccc21. The third-order valence-corrected chi connectivity index (χ3v) is 3.54. The number of methoxy groups -OCH3 is 1. The summed E-state index contributed by atoms with van der Waals surface area (Å²) in [5, 5.41) is 0. The molecule has 2 amide bonds. The zero-order valence-electron chi connectivity index (χ0n) is 11.2. The van der Waals surface area contributed by atoms with Crippen LogP contribution in [-0.2, 0) is 15.2 Å². The summed E-state index contributed by atoms with van der Waals surface area (Å²) in [6.07, 6.45) is -0.900. The lowest BCUT2D eigenvalue weighted by atomic mass is 9.89. The second kappa shape index (κ2) is 4.70. The number of imide groups is 1. The van der Waals surface area contributed by atoms with Gasteiger partial charge in [-0.2, -0.15) is 0 Å². The molecule has 0 fully saturated rings. The van der Waals surface area contributed by atoms with Gasteiger partial charge in [-0.25, -0.2) is 14.1 Å². The van der Waals surface area contributed by atoms with Crippen molar-refractivity contribution in [2.75, 3.05) is 12.0 Å². The first-order chi connectivity index (χ1) is 10.1. The molecule has 2 aromatic rings.